The van der Waals surface area contributed by atoms with E-state index in [1.54, 1.807) is 6.92 Å². The van der Waals surface area contributed by atoms with Crippen LogP contribution in [0.15, 0.2) is 22.2 Å². The van der Waals surface area contributed by atoms with Crippen molar-refractivity contribution in [2.45, 2.75) is 29.6 Å². The molecule has 0 radical (unpaired) electrons. The summed E-state index contributed by atoms with van der Waals surface area (Å²) in [5.41, 5.74) is -2.02. The van der Waals surface area contributed by atoms with Gasteiger partial charge in [0.05, 0.1) is 20.4 Å². The maximum atomic E-state index is 12.8. The van der Waals surface area contributed by atoms with E-state index in [1.165, 1.54) is 0 Å². The molecule has 0 aliphatic heterocycles. The van der Waals surface area contributed by atoms with Crippen LogP contribution in [0.3, 0.4) is 0 Å². The summed E-state index contributed by atoms with van der Waals surface area (Å²) in [6.45, 7) is 1.78. The van der Waals surface area contributed by atoms with Gasteiger partial charge < -0.3 is 5.84 Å². The lowest BCUT2D eigenvalue weighted by Crippen LogP contribution is -2.13. The van der Waals surface area contributed by atoms with Crippen molar-refractivity contribution in [1.29, 1.82) is 0 Å². The molecule has 23 heavy (non-hydrogen) atoms. The van der Waals surface area contributed by atoms with Gasteiger partial charge in [0.2, 0.25) is 5.16 Å². The third kappa shape index (κ3) is 3.50. The Kier molecular flexibility index (Phi) is 4.71. The monoisotopic (exact) mass is 367 g/mol. The molecule has 7 nitrogen and oxygen atoms in total. The number of halogens is 4. The van der Waals surface area contributed by atoms with Crippen LogP contribution in [0.4, 0.5) is 18.9 Å². The Bertz CT molecular complexity index is 765. The van der Waals surface area contributed by atoms with Crippen LogP contribution in [0.5, 0.6) is 0 Å². The van der Waals surface area contributed by atoms with Crippen molar-refractivity contribution < 1.29 is 18.1 Å². The molecule has 124 valence electrons. The van der Waals surface area contributed by atoms with Crippen molar-refractivity contribution in [1.82, 2.24) is 14.9 Å². The number of nitrogens with two attached hydrogens (primary N) is 1. The van der Waals surface area contributed by atoms with Gasteiger partial charge in [0, 0.05) is 12.5 Å². The molecule has 1 heterocycles. The highest BCUT2D eigenvalue weighted by atomic mass is 35.5. The van der Waals surface area contributed by atoms with E-state index >= 15 is 0 Å². The molecule has 0 spiro atoms. The summed E-state index contributed by atoms with van der Waals surface area (Å²) >= 11 is 6.31. The SMILES string of the molecule is CCc1nnc(Sc2cc(Cl)c(C(F)(F)F)cc2[N+](=O)[O-])n1N. The maximum absolute atomic E-state index is 12.8. The zero-order valence-corrected chi connectivity index (χ0v) is 13.0. The number of aryl methyl sites for hydroxylation is 1. The second kappa shape index (κ2) is 6.24. The molecule has 2 N–H and O–H groups in total. The third-order valence-corrected chi connectivity index (χ3v) is 4.12. The third-order valence-electron chi connectivity index (χ3n) is 2.80. The van der Waals surface area contributed by atoms with E-state index < -0.39 is 27.4 Å². The van der Waals surface area contributed by atoms with Crippen molar-refractivity contribution in [3.8, 4) is 0 Å². The highest BCUT2D eigenvalue weighted by molar-refractivity contribution is 7.99. The van der Waals surface area contributed by atoms with Gasteiger partial charge in [-0.15, -0.1) is 10.2 Å². The minimum atomic E-state index is -4.80. The van der Waals surface area contributed by atoms with Crippen molar-refractivity contribution in [3.05, 3.63) is 38.7 Å². The number of nitrogen functional groups attached to an aromatic ring is 1. The van der Waals surface area contributed by atoms with Gasteiger partial charge in [-0.25, -0.2) is 4.68 Å². The quantitative estimate of drug-likeness (QED) is 0.505. The van der Waals surface area contributed by atoms with Crippen molar-refractivity contribution in [2.24, 2.45) is 0 Å². The van der Waals surface area contributed by atoms with E-state index in [-0.39, 0.29) is 10.1 Å². The first-order chi connectivity index (χ1) is 10.6. The van der Waals surface area contributed by atoms with E-state index in [0.29, 0.717) is 30.1 Å². The Labute approximate surface area is 136 Å². The van der Waals surface area contributed by atoms with Gasteiger partial charge in [0.15, 0.2) is 5.82 Å². The van der Waals surface area contributed by atoms with Gasteiger partial charge in [0.1, 0.15) is 0 Å². The summed E-state index contributed by atoms with van der Waals surface area (Å²) in [5.74, 6) is 6.14. The molecule has 1 aromatic carbocycles. The number of hydrogen-bond acceptors (Lipinski definition) is 6. The van der Waals surface area contributed by atoms with Crippen LogP contribution in [0.25, 0.3) is 0 Å². The lowest BCUT2D eigenvalue weighted by molar-refractivity contribution is -0.388. The zero-order valence-electron chi connectivity index (χ0n) is 11.5. The van der Waals surface area contributed by atoms with Gasteiger partial charge >= 0.3 is 6.18 Å². The highest BCUT2D eigenvalue weighted by Crippen LogP contribution is 2.42. The largest absolute Gasteiger partial charge is 0.418 e. The fourth-order valence-electron chi connectivity index (χ4n) is 1.70. The van der Waals surface area contributed by atoms with Crippen LogP contribution in [-0.2, 0) is 12.6 Å². The predicted molar refractivity (Wildman–Crippen MR) is 76.8 cm³/mol. The van der Waals surface area contributed by atoms with Crippen LogP contribution in [0.1, 0.15) is 18.3 Å². The maximum Gasteiger partial charge on any atom is 0.418 e. The Balaban J connectivity index is 2.51. The average Bonchev–Trinajstić information content (AvgIpc) is 2.78. The first-order valence-electron chi connectivity index (χ1n) is 6.07. The lowest BCUT2D eigenvalue weighted by Gasteiger charge is -2.10. The van der Waals surface area contributed by atoms with Gasteiger partial charge in [0.25, 0.3) is 5.69 Å². The van der Waals surface area contributed by atoms with Crippen molar-refractivity contribution in [3.63, 3.8) is 0 Å². The molecule has 0 saturated heterocycles. The first kappa shape index (κ1) is 17.3. The molecule has 0 aliphatic rings. The van der Waals surface area contributed by atoms with E-state index in [2.05, 4.69) is 10.2 Å². The fraction of sp³-hybridized carbons (Fsp3) is 0.273. The lowest BCUT2D eigenvalue weighted by atomic mass is 10.2. The molecule has 2 rings (SSSR count). The Morgan fingerprint density at radius 3 is 2.57 bits per heavy atom. The number of nitrogens with zero attached hydrogens (tertiary/aromatic N) is 4. The molecule has 0 saturated carbocycles. The molecular formula is C11H9ClF3N5O2S. The van der Waals surface area contributed by atoms with Crippen molar-refractivity contribution in [2.75, 3.05) is 5.84 Å². The fourth-order valence-corrected chi connectivity index (χ4v) is 2.93. The second-order valence-electron chi connectivity index (χ2n) is 4.28. The summed E-state index contributed by atoms with van der Waals surface area (Å²) in [6, 6.07) is 1.26. The van der Waals surface area contributed by atoms with Crippen LogP contribution in [0, 0.1) is 10.1 Å². The van der Waals surface area contributed by atoms with Gasteiger partial charge in [-0.05, 0) is 17.8 Å². The molecule has 2 aromatic rings. The second-order valence-corrected chi connectivity index (χ2v) is 5.70. The number of benzene rings is 1. The average molecular weight is 368 g/mol. The van der Waals surface area contributed by atoms with Crippen LogP contribution in [0.2, 0.25) is 5.02 Å². The predicted octanol–water partition coefficient (Wildman–Crippen LogP) is 3.29. The van der Waals surface area contributed by atoms with E-state index in [1.807, 2.05) is 0 Å². The number of aromatic nitrogens is 3. The number of hydrogen-bond donors (Lipinski definition) is 1. The molecule has 12 heteroatoms. The summed E-state index contributed by atoms with van der Waals surface area (Å²) in [6.07, 6.45) is -4.33. The number of nitro groups is 1. The first-order valence-corrected chi connectivity index (χ1v) is 7.27. The minimum Gasteiger partial charge on any atom is -0.336 e. The normalized spacial score (nSPS) is 11.7. The van der Waals surface area contributed by atoms with Gasteiger partial charge in [-0.3, -0.25) is 10.1 Å². The molecular weight excluding hydrogens is 359 g/mol. The Hall–Kier alpha value is -2.01. The zero-order chi connectivity index (χ0) is 17.4. The minimum absolute atomic E-state index is 0.0979. The van der Waals surface area contributed by atoms with Gasteiger partial charge in [-0.2, -0.15) is 13.2 Å². The van der Waals surface area contributed by atoms with Crippen molar-refractivity contribution >= 4 is 29.1 Å². The molecule has 0 amide bonds. The summed E-state index contributed by atoms with van der Waals surface area (Å²) in [4.78, 5) is 10.0. The van der Waals surface area contributed by atoms with E-state index in [4.69, 9.17) is 17.4 Å². The summed E-state index contributed by atoms with van der Waals surface area (Å²) in [7, 11) is 0. The number of nitro benzene ring substituents is 1. The molecule has 1 aromatic heterocycles. The molecule has 0 unspecified atom stereocenters. The van der Waals surface area contributed by atoms with Crippen LogP contribution < -0.4 is 5.84 Å². The number of rotatable bonds is 4. The molecule has 0 fully saturated rings. The standard InChI is InChI=1S/C11H9ClF3N5O2S/c1-2-9-17-18-10(19(9)16)23-8-4-6(12)5(11(13,14)15)3-7(8)20(21)22/h3-4H,2,16H2,1H3. The van der Waals surface area contributed by atoms with Gasteiger partial charge in [-0.1, -0.05) is 18.5 Å². The number of alkyl halides is 3. The molecule has 0 atom stereocenters. The van der Waals surface area contributed by atoms with Crippen LogP contribution >= 0.6 is 23.4 Å². The summed E-state index contributed by atoms with van der Waals surface area (Å²) < 4.78 is 39.5. The van der Waals surface area contributed by atoms with E-state index in [9.17, 15) is 23.3 Å². The van der Waals surface area contributed by atoms with E-state index in [0.717, 1.165) is 10.7 Å². The molecule has 0 aliphatic carbocycles. The molecule has 0 bridgehead atoms. The smallest absolute Gasteiger partial charge is 0.336 e. The highest BCUT2D eigenvalue weighted by Gasteiger charge is 2.36. The van der Waals surface area contributed by atoms with Crippen LogP contribution in [-0.4, -0.2) is 19.8 Å². The Morgan fingerprint density at radius 2 is 2.09 bits per heavy atom. The summed E-state index contributed by atoms with van der Waals surface area (Å²) in [5, 5.41) is 18.0. The topological polar surface area (TPSA) is 99.9 Å². The Morgan fingerprint density at radius 1 is 1.43 bits per heavy atom.